The third kappa shape index (κ3) is 3.50. The van der Waals surface area contributed by atoms with Crippen LogP contribution in [0.5, 0.6) is 0 Å². The number of hydrogen-bond donors (Lipinski definition) is 1. The summed E-state index contributed by atoms with van der Waals surface area (Å²) in [5.74, 6) is -2.28. The first-order valence-corrected chi connectivity index (χ1v) is 10.6. The standard InChI is InChI=1S/C24H31F2N3O/c1-17(2)18-5-7-19(8-6-18)24(30,22(3)14-28(4)15-22)20-11-21(13-27-12-20)29-10-9-23(25,26)16-29/h5-8,11-13,17,30H,9-10,14-16H2,1-4H3/t24-/m0/s1. The minimum absolute atomic E-state index is 0.152. The third-order valence-electron chi connectivity index (χ3n) is 6.78. The van der Waals surface area contributed by atoms with Crippen LogP contribution in [-0.4, -0.2) is 54.1 Å². The molecule has 30 heavy (non-hydrogen) atoms. The van der Waals surface area contributed by atoms with Gasteiger partial charge in [-0.25, -0.2) is 8.78 Å². The fourth-order valence-corrected chi connectivity index (χ4v) is 5.10. The zero-order chi connectivity index (χ0) is 21.7. The van der Waals surface area contributed by atoms with E-state index in [0.717, 1.165) is 18.7 Å². The minimum atomic E-state index is -2.68. The molecule has 0 unspecified atom stereocenters. The van der Waals surface area contributed by atoms with E-state index in [2.05, 4.69) is 42.8 Å². The first-order valence-electron chi connectivity index (χ1n) is 10.6. The average molecular weight is 416 g/mol. The van der Waals surface area contributed by atoms with E-state index in [1.165, 1.54) is 5.56 Å². The monoisotopic (exact) mass is 415 g/mol. The molecule has 1 atom stereocenters. The lowest BCUT2D eigenvalue weighted by molar-refractivity contribution is -0.127. The molecule has 2 fully saturated rings. The zero-order valence-electron chi connectivity index (χ0n) is 18.2. The number of pyridine rings is 1. The highest BCUT2D eigenvalue weighted by molar-refractivity contribution is 5.52. The van der Waals surface area contributed by atoms with Crippen molar-refractivity contribution in [2.75, 3.05) is 38.1 Å². The number of halogens is 2. The van der Waals surface area contributed by atoms with E-state index < -0.39 is 16.9 Å². The number of benzene rings is 1. The Morgan fingerprint density at radius 2 is 1.73 bits per heavy atom. The highest BCUT2D eigenvalue weighted by atomic mass is 19.3. The van der Waals surface area contributed by atoms with Gasteiger partial charge < -0.3 is 14.9 Å². The van der Waals surface area contributed by atoms with Gasteiger partial charge in [0.1, 0.15) is 5.60 Å². The van der Waals surface area contributed by atoms with Crippen molar-refractivity contribution in [3.05, 3.63) is 59.4 Å². The molecule has 3 heterocycles. The number of rotatable bonds is 5. The number of aliphatic hydroxyl groups is 1. The van der Waals surface area contributed by atoms with E-state index in [4.69, 9.17) is 0 Å². The second-order valence-corrected chi connectivity index (χ2v) is 9.68. The maximum Gasteiger partial charge on any atom is 0.266 e. The van der Waals surface area contributed by atoms with Crippen molar-refractivity contribution in [3.8, 4) is 0 Å². The van der Waals surface area contributed by atoms with E-state index in [-0.39, 0.29) is 13.0 Å². The van der Waals surface area contributed by atoms with Gasteiger partial charge in [0.05, 0.1) is 18.4 Å². The second-order valence-electron chi connectivity index (χ2n) is 9.68. The van der Waals surface area contributed by atoms with Crippen molar-refractivity contribution in [1.29, 1.82) is 0 Å². The fourth-order valence-electron chi connectivity index (χ4n) is 5.10. The molecule has 4 nitrogen and oxygen atoms in total. The van der Waals surface area contributed by atoms with Crippen LogP contribution in [0.15, 0.2) is 42.7 Å². The number of nitrogens with zero attached hydrogens (tertiary/aromatic N) is 3. The molecule has 6 heteroatoms. The van der Waals surface area contributed by atoms with Crippen molar-refractivity contribution >= 4 is 5.69 Å². The van der Waals surface area contributed by atoms with Crippen molar-refractivity contribution in [2.45, 2.75) is 44.6 Å². The number of alkyl halides is 2. The first kappa shape index (κ1) is 21.2. The Hall–Kier alpha value is -2.05. The molecular weight excluding hydrogens is 384 g/mol. The maximum absolute atomic E-state index is 13.8. The molecular formula is C24H31F2N3O. The highest BCUT2D eigenvalue weighted by Gasteiger charge is 2.55. The molecule has 1 aromatic carbocycles. The summed E-state index contributed by atoms with van der Waals surface area (Å²) in [5.41, 5.74) is 1.65. The summed E-state index contributed by atoms with van der Waals surface area (Å²) in [4.78, 5) is 8.18. The quantitative estimate of drug-likeness (QED) is 0.793. The normalized spacial score (nSPS) is 22.7. The lowest BCUT2D eigenvalue weighted by Crippen LogP contribution is -2.63. The number of aromatic nitrogens is 1. The average Bonchev–Trinajstić information content (AvgIpc) is 3.06. The highest BCUT2D eigenvalue weighted by Crippen LogP contribution is 2.50. The number of likely N-dealkylation sites (tertiary alicyclic amines) is 1. The van der Waals surface area contributed by atoms with Crippen molar-refractivity contribution in [3.63, 3.8) is 0 Å². The molecule has 0 saturated carbocycles. The van der Waals surface area contributed by atoms with Crippen LogP contribution in [0, 0.1) is 5.41 Å². The van der Waals surface area contributed by atoms with Crippen LogP contribution < -0.4 is 4.90 Å². The van der Waals surface area contributed by atoms with Crippen LogP contribution >= 0.6 is 0 Å². The molecule has 0 radical (unpaired) electrons. The molecule has 1 aromatic heterocycles. The smallest absolute Gasteiger partial charge is 0.266 e. The predicted octanol–water partition coefficient (Wildman–Crippen LogP) is 4.24. The Morgan fingerprint density at radius 3 is 2.27 bits per heavy atom. The molecule has 0 aliphatic carbocycles. The van der Waals surface area contributed by atoms with Crippen molar-refractivity contribution in [2.24, 2.45) is 5.41 Å². The van der Waals surface area contributed by atoms with Gasteiger partial charge in [-0.05, 0) is 30.2 Å². The van der Waals surface area contributed by atoms with Gasteiger partial charge in [-0.2, -0.15) is 0 Å². The minimum Gasteiger partial charge on any atom is -0.380 e. The summed E-state index contributed by atoms with van der Waals surface area (Å²) in [6.45, 7) is 7.83. The van der Waals surface area contributed by atoms with Crippen LogP contribution in [0.3, 0.4) is 0 Å². The van der Waals surface area contributed by atoms with Gasteiger partial charge in [0, 0.05) is 43.2 Å². The predicted molar refractivity (Wildman–Crippen MR) is 115 cm³/mol. The van der Waals surface area contributed by atoms with Gasteiger partial charge in [0.2, 0.25) is 0 Å². The van der Waals surface area contributed by atoms with Crippen LogP contribution in [0.1, 0.15) is 49.8 Å². The van der Waals surface area contributed by atoms with Gasteiger partial charge in [0.25, 0.3) is 5.92 Å². The van der Waals surface area contributed by atoms with Crippen LogP contribution in [0.2, 0.25) is 0 Å². The molecule has 2 saturated heterocycles. The van der Waals surface area contributed by atoms with E-state index in [0.29, 0.717) is 23.7 Å². The lowest BCUT2D eigenvalue weighted by Gasteiger charge is -2.56. The van der Waals surface area contributed by atoms with Gasteiger partial charge in [-0.15, -0.1) is 0 Å². The maximum atomic E-state index is 13.8. The van der Waals surface area contributed by atoms with Crippen molar-refractivity contribution < 1.29 is 13.9 Å². The van der Waals surface area contributed by atoms with Crippen LogP contribution in [-0.2, 0) is 5.60 Å². The van der Waals surface area contributed by atoms with E-state index >= 15 is 0 Å². The van der Waals surface area contributed by atoms with E-state index in [1.807, 2.05) is 25.2 Å². The second kappa shape index (κ2) is 7.27. The first-order chi connectivity index (χ1) is 14.0. The topological polar surface area (TPSA) is 39.6 Å². The molecule has 0 bridgehead atoms. The Bertz CT molecular complexity index is 909. The summed E-state index contributed by atoms with van der Waals surface area (Å²) in [6.07, 6.45) is 3.14. The molecule has 1 N–H and O–H groups in total. The van der Waals surface area contributed by atoms with Crippen LogP contribution in [0.4, 0.5) is 14.5 Å². The fraction of sp³-hybridized carbons (Fsp3) is 0.542. The van der Waals surface area contributed by atoms with Gasteiger partial charge in [-0.1, -0.05) is 45.0 Å². The van der Waals surface area contributed by atoms with Gasteiger partial charge >= 0.3 is 0 Å². The molecule has 2 aliphatic rings. The number of anilines is 1. The lowest BCUT2D eigenvalue weighted by atomic mass is 9.62. The van der Waals surface area contributed by atoms with Crippen LogP contribution in [0.25, 0.3) is 0 Å². The molecule has 2 aromatic rings. The number of hydrogen-bond acceptors (Lipinski definition) is 4. The summed E-state index contributed by atoms with van der Waals surface area (Å²) in [7, 11) is 2.03. The molecule has 2 aliphatic heterocycles. The Balaban J connectivity index is 1.77. The summed E-state index contributed by atoms with van der Waals surface area (Å²) in [5, 5.41) is 12.2. The molecule has 0 spiro atoms. The molecule has 4 rings (SSSR count). The Labute approximate surface area is 177 Å². The van der Waals surface area contributed by atoms with Crippen molar-refractivity contribution in [1.82, 2.24) is 9.88 Å². The largest absolute Gasteiger partial charge is 0.380 e. The van der Waals surface area contributed by atoms with Gasteiger partial charge in [-0.3, -0.25) is 4.98 Å². The SMILES string of the molecule is CC(C)c1ccc([C@](O)(c2cncc(N3CCC(F)(F)C3)c2)C2(C)CN(C)C2)cc1. The summed E-state index contributed by atoms with van der Waals surface area (Å²) < 4.78 is 27.5. The summed E-state index contributed by atoms with van der Waals surface area (Å²) >= 11 is 0. The van der Waals surface area contributed by atoms with E-state index in [9.17, 15) is 13.9 Å². The molecule has 0 amide bonds. The Kier molecular flexibility index (Phi) is 5.14. The summed E-state index contributed by atoms with van der Waals surface area (Å²) in [6, 6.07) is 9.96. The van der Waals surface area contributed by atoms with Gasteiger partial charge in [0.15, 0.2) is 0 Å². The zero-order valence-corrected chi connectivity index (χ0v) is 18.2. The third-order valence-corrected chi connectivity index (χ3v) is 6.78. The molecule has 162 valence electrons. The van der Waals surface area contributed by atoms with E-state index in [1.54, 1.807) is 17.3 Å². The Morgan fingerprint density at radius 1 is 1.07 bits per heavy atom.